The standard InChI is InChI=1S/C14H23N5O/c1-12(11-15)3-4-13(20)18-7-9-19(10-8-18)14-16-5-2-6-17-14/h2,5-6,12H,3-4,7-11,15H2,1H3. The van der Waals surface area contributed by atoms with Gasteiger partial charge in [-0.25, -0.2) is 9.97 Å². The number of anilines is 1. The number of hydrogen-bond acceptors (Lipinski definition) is 5. The molecule has 0 spiro atoms. The van der Waals surface area contributed by atoms with Gasteiger partial charge < -0.3 is 15.5 Å². The van der Waals surface area contributed by atoms with E-state index in [2.05, 4.69) is 21.8 Å². The normalized spacial score (nSPS) is 17.1. The second-order valence-electron chi connectivity index (χ2n) is 5.30. The Bertz CT molecular complexity index is 417. The third-order valence-electron chi connectivity index (χ3n) is 3.72. The second-order valence-corrected chi connectivity index (χ2v) is 5.30. The zero-order chi connectivity index (χ0) is 14.4. The number of aromatic nitrogens is 2. The Labute approximate surface area is 120 Å². The fourth-order valence-corrected chi connectivity index (χ4v) is 2.26. The van der Waals surface area contributed by atoms with Crippen LogP contribution < -0.4 is 10.6 Å². The lowest BCUT2D eigenvalue weighted by atomic mass is 10.1. The smallest absolute Gasteiger partial charge is 0.225 e. The summed E-state index contributed by atoms with van der Waals surface area (Å²) < 4.78 is 0. The van der Waals surface area contributed by atoms with Crippen LogP contribution in [0.2, 0.25) is 0 Å². The van der Waals surface area contributed by atoms with E-state index in [-0.39, 0.29) is 5.91 Å². The van der Waals surface area contributed by atoms with Crippen LogP contribution in [-0.2, 0) is 4.79 Å². The van der Waals surface area contributed by atoms with E-state index >= 15 is 0 Å². The van der Waals surface area contributed by atoms with Crippen molar-refractivity contribution in [2.75, 3.05) is 37.6 Å². The molecule has 1 aromatic heterocycles. The van der Waals surface area contributed by atoms with Gasteiger partial charge in [-0.15, -0.1) is 0 Å². The molecule has 6 heteroatoms. The molecule has 2 rings (SSSR count). The molecule has 1 aliphatic rings. The number of piperazine rings is 1. The highest BCUT2D eigenvalue weighted by atomic mass is 16.2. The van der Waals surface area contributed by atoms with Gasteiger partial charge in [-0.3, -0.25) is 4.79 Å². The van der Waals surface area contributed by atoms with Crippen LogP contribution in [0.25, 0.3) is 0 Å². The molecule has 2 heterocycles. The van der Waals surface area contributed by atoms with E-state index in [1.165, 1.54) is 0 Å². The first-order valence-electron chi connectivity index (χ1n) is 7.20. The zero-order valence-corrected chi connectivity index (χ0v) is 12.0. The van der Waals surface area contributed by atoms with Gasteiger partial charge >= 0.3 is 0 Å². The van der Waals surface area contributed by atoms with E-state index < -0.39 is 0 Å². The Hall–Kier alpha value is -1.69. The van der Waals surface area contributed by atoms with E-state index in [9.17, 15) is 4.79 Å². The summed E-state index contributed by atoms with van der Waals surface area (Å²) in [6.07, 6.45) is 4.96. The van der Waals surface area contributed by atoms with E-state index in [4.69, 9.17) is 5.73 Å². The molecule has 1 aromatic rings. The van der Waals surface area contributed by atoms with E-state index in [0.29, 0.717) is 18.9 Å². The van der Waals surface area contributed by atoms with Gasteiger partial charge in [-0.1, -0.05) is 6.92 Å². The predicted octanol–water partition coefficient (Wildman–Crippen LogP) is 0.500. The van der Waals surface area contributed by atoms with Crippen LogP contribution in [0.15, 0.2) is 18.5 Å². The van der Waals surface area contributed by atoms with Gasteiger partial charge in [-0.05, 0) is 24.9 Å². The summed E-state index contributed by atoms with van der Waals surface area (Å²) in [6, 6.07) is 1.81. The summed E-state index contributed by atoms with van der Waals surface area (Å²) >= 11 is 0. The molecule has 0 saturated carbocycles. The van der Waals surface area contributed by atoms with Crippen molar-refractivity contribution >= 4 is 11.9 Å². The molecule has 1 aliphatic heterocycles. The highest BCUT2D eigenvalue weighted by molar-refractivity contribution is 5.76. The average Bonchev–Trinajstić information content (AvgIpc) is 2.53. The predicted molar refractivity (Wildman–Crippen MR) is 78.3 cm³/mol. The first kappa shape index (κ1) is 14.7. The summed E-state index contributed by atoms with van der Waals surface area (Å²) in [5, 5.41) is 0. The molecular weight excluding hydrogens is 254 g/mol. The first-order chi connectivity index (χ1) is 9.70. The Kier molecular flexibility index (Phi) is 5.29. The first-order valence-corrected chi connectivity index (χ1v) is 7.20. The molecule has 1 unspecified atom stereocenters. The summed E-state index contributed by atoms with van der Waals surface area (Å²) in [5.41, 5.74) is 5.57. The summed E-state index contributed by atoms with van der Waals surface area (Å²) in [5.74, 6) is 1.40. The maximum atomic E-state index is 12.1. The molecular formula is C14H23N5O. The minimum atomic E-state index is 0.235. The fraction of sp³-hybridized carbons (Fsp3) is 0.643. The van der Waals surface area contributed by atoms with Crippen molar-refractivity contribution in [2.45, 2.75) is 19.8 Å². The van der Waals surface area contributed by atoms with Crippen LogP contribution in [0.3, 0.4) is 0 Å². The van der Waals surface area contributed by atoms with Crippen molar-refractivity contribution in [1.82, 2.24) is 14.9 Å². The number of nitrogens with zero attached hydrogens (tertiary/aromatic N) is 4. The Morgan fingerprint density at radius 2 is 1.95 bits per heavy atom. The van der Waals surface area contributed by atoms with Gasteiger partial charge in [0.25, 0.3) is 0 Å². The SMILES string of the molecule is CC(CN)CCC(=O)N1CCN(c2ncccn2)CC1. The van der Waals surface area contributed by atoms with E-state index in [0.717, 1.165) is 38.5 Å². The maximum absolute atomic E-state index is 12.1. The summed E-state index contributed by atoms with van der Waals surface area (Å²) in [4.78, 5) is 24.6. The topological polar surface area (TPSA) is 75.4 Å². The number of carbonyl (C=O) groups excluding carboxylic acids is 1. The Morgan fingerprint density at radius 1 is 1.30 bits per heavy atom. The summed E-state index contributed by atoms with van der Waals surface area (Å²) in [6.45, 7) is 5.80. The molecule has 0 aliphatic carbocycles. The number of rotatable bonds is 5. The van der Waals surface area contributed by atoms with Crippen LogP contribution in [0.5, 0.6) is 0 Å². The molecule has 1 atom stereocenters. The average molecular weight is 277 g/mol. The molecule has 110 valence electrons. The number of hydrogen-bond donors (Lipinski definition) is 1. The van der Waals surface area contributed by atoms with Crippen molar-refractivity contribution in [2.24, 2.45) is 11.7 Å². The second kappa shape index (κ2) is 7.19. The van der Waals surface area contributed by atoms with Crippen molar-refractivity contribution in [1.29, 1.82) is 0 Å². The lowest BCUT2D eigenvalue weighted by molar-refractivity contribution is -0.131. The number of carbonyl (C=O) groups is 1. The van der Waals surface area contributed by atoms with Gasteiger partial charge in [0.15, 0.2) is 0 Å². The molecule has 0 bridgehead atoms. The van der Waals surface area contributed by atoms with Crippen molar-refractivity contribution in [3.8, 4) is 0 Å². The molecule has 20 heavy (non-hydrogen) atoms. The minimum absolute atomic E-state index is 0.235. The van der Waals surface area contributed by atoms with Crippen LogP contribution >= 0.6 is 0 Å². The zero-order valence-electron chi connectivity index (χ0n) is 12.0. The van der Waals surface area contributed by atoms with E-state index in [1.807, 2.05) is 11.0 Å². The number of nitrogens with two attached hydrogens (primary N) is 1. The van der Waals surface area contributed by atoms with Gasteiger partial charge in [0.1, 0.15) is 0 Å². The number of amides is 1. The molecule has 6 nitrogen and oxygen atoms in total. The maximum Gasteiger partial charge on any atom is 0.225 e. The van der Waals surface area contributed by atoms with Crippen LogP contribution in [0.1, 0.15) is 19.8 Å². The molecule has 1 fully saturated rings. The fourth-order valence-electron chi connectivity index (χ4n) is 2.26. The Morgan fingerprint density at radius 3 is 2.55 bits per heavy atom. The monoisotopic (exact) mass is 277 g/mol. The van der Waals surface area contributed by atoms with Crippen LogP contribution in [0.4, 0.5) is 5.95 Å². The van der Waals surface area contributed by atoms with E-state index in [1.54, 1.807) is 12.4 Å². The van der Waals surface area contributed by atoms with Crippen LogP contribution in [-0.4, -0.2) is 53.5 Å². The molecule has 1 amide bonds. The third kappa shape index (κ3) is 3.90. The summed E-state index contributed by atoms with van der Waals surface area (Å²) in [7, 11) is 0. The largest absolute Gasteiger partial charge is 0.339 e. The van der Waals surface area contributed by atoms with Crippen molar-refractivity contribution in [3.63, 3.8) is 0 Å². The lowest BCUT2D eigenvalue weighted by Gasteiger charge is -2.34. The molecule has 2 N–H and O–H groups in total. The Balaban J connectivity index is 1.78. The molecule has 1 saturated heterocycles. The molecule has 0 radical (unpaired) electrons. The quantitative estimate of drug-likeness (QED) is 0.848. The molecule has 0 aromatic carbocycles. The van der Waals surface area contributed by atoms with Gasteiger partial charge in [0.05, 0.1) is 0 Å². The van der Waals surface area contributed by atoms with Crippen LogP contribution in [0, 0.1) is 5.92 Å². The van der Waals surface area contributed by atoms with Gasteiger partial charge in [0.2, 0.25) is 11.9 Å². The highest BCUT2D eigenvalue weighted by Gasteiger charge is 2.22. The minimum Gasteiger partial charge on any atom is -0.339 e. The third-order valence-corrected chi connectivity index (χ3v) is 3.72. The highest BCUT2D eigenvalue weighted by Crippen LogP contribution is 2.12. The lowest BCUT2D eigenvalue weighted by Crippen LogP contribution is -2.49. The van der Waals surface area contributed by atoms with Crippen molar-refractivity contribution < 1.29 is 4.79 Å². The van der Waals surface area contributed by atoms with Gasteiger partial charge in [-0.2, -0.15) is 0 Å². The van der Waals surface area contributed by atoms with Crippen molar-refractivity contribution in [3.05, 3.63) is 18.5 Å². The van der Waals surface area contributed by atoms with Gasteiger partial charge in [0, 0.05) is 45.0 Å².